The Labute approximate surface area is 167 Å². The van der Waals surface area contributed by atoms with E-state index in [1.807, 2.05) is 0 Å². The fourth-order valence-corrected chi connectivity index (χ4v) is 2.72. The van der Waals surface area contributed by atoms with Crippen molar-refractivity contribution < 1.29 is 23.8 Å². The minimum Gasteiger partial charge on any atom is -0.497 e. The summed E-state index contributed by atoms with van der Waals surface area (Å²) in [6.07, 6.45) is 0. The van der Waals surface area contributed by atoms with Crippen LogP contribution in [0.2, 0.25) is 0 Å². The van der Waals surface area contributed by atoms with Gasteiger partial charge >= 0.3 is 5.97 Å². The molecule has 1 aromatic heterocycles. The number of hydrogen-bond acceptors (Lipinski definition) is 6. The largest absolute Gasteiger partial charge is 0.497 e. The lowest BCUT2D eigenvalue weighted by Gasteiger charge is -2.08. The van der Waals surface area contributed by atoms with E-state index in [1.165, 1.54) is 0 Å². The molecule has 8 heteroatoms. The van der Waals surface area contributed by atoms with Gasteiger partial charge in [-0.05, 0) is 43.3 Å². The Morgan fingerprint density at radius 1 is 1.07 bits per heavy atom. The third-order valence-corrected chi connectivity index (χ3v) is 4.14. The Morgan fingerprint density at radius 3 is 2.62 bits per heavy atom. The first-order valence-electron chi connectivity index (χ1n) is 8.92. The molecule has 0 aliphatic rings. The normalized spacial score (nSPS) is 10.3. The molecule has 0 saturated carbocycles. The predicted octanol–water partition coefficient (Wildman–Crippen LogP) is 3.52. The van der Waals surface area contributed by atoms with Crippen molar-refractivity contribution in [3.8, 4) is 22.8 Å². The van der Waals surface area contributed by atoms with Crippen molar-refractivity contribution in [3.05, 3.63) is 59.8 Å². The van der Waals surface area contributed by atoms with Crippen LogP contribution in [0.3, 0.4) is 0 Å². The van der Waals surface area contributed by atoms with Gasteiger partial charge in [-0.25, -0.2) is 4.79 Å². The van der Waals surface area contributed by atoms with Gasteiger partial charge in [-0.15, -0.1) is 0 Å². The number of nitrogens with one attached hydrogen (secondary N) is 2. The summed E-state index contributed by atoms with van der Waals surface area (Å²) in [7, 11) is 3.12. The highest BCUT2D eigenvalue weighted by molar-refractivity contribution is 6.04. The Kier molecular flexibility index (Phi) is 6.13. The van der Waals surface area contributed by atoms with Crippen LogP contribution in [0.1, 0.15) is 27.8 Å². The lowest BCUT2D eigenvalue weighted by molar-refractivity contribution is 0.0526. The monoisotopic (exact) mass is 395 g/mol. The second-order valence-corrected chi connectivity index (χ2v) is 5.99. The van der Waals surface area contributed by atoms with Crippen molar-refractivity contribution >= 4 is 17.6 Å². The third kappa shape index (κ3) is 4.55. The minimum atomic E-state index is -0.445. The molecule has 8 nitrogen and oxygen atoms in total. The topological polar surface area (TPSA) is 103 Å². The zero-order valence-electron chi connectivity index (χ0n) is 16.3. The van der Waals surface area contributed by atoms with Gasteiger partial charge in [0.15, 0.2) is 0 Å². The van der Waals surface area contributed by atoms with E-state index in [0.717, 1.165) is 0 Å². The van der Waals surface area contributed by atoms with Crippen LogP contribution in [-0.4, -0.2) is 42.9 Å². The summed E-state index contributed by atoms with van der Waals surface area (Å²) >= 11 is 0. The number of benzene rings is 2. The summed E-state index contributed by atoms with van der Waals surface area (Å²) in [4.78, 5) is 24.4. The van der Waals surface area contributed by atoms with Crippen molar-refractivity contribution in [1.29, 1.82) is 0 Å². The second-order valence-electron chi connectivity index (χ2n) is 5.99. The first-order valence-corrected chi connectivity index (χ1v) is 8.92. The average Bonchev–Trinajstić information content (AvgIpc) is 3.24. The molecule has 2 aromatic carbocycles. The van der Waals surface area contributed by atoms with Crippen molar-refractivity contribution in [2.75, 3.05) is 26.1 Å². The molecule has 1 heterocycles. The summed E-state index contributed by atoms with van der Waals surface area (Å²) in [5.41, 5.74) is 2.36. The van der Waals surface area contributed by atoms with E-state index < -0.39 is 11.9 Å². The summed E-state index contributed by atoms with van der Waals surface area (Å²) in [6.45, 7) is 2.01. The van der Waals surface area contributed by atoms with Gasteiger partial charge in [0.05, 0.1) is 32.1 Å². The predicted molar refractivity (Wildman–Crippen MR) is 107 cm³/mol. The lowest BCUT2D eigenvalue weighted by atomic mass is 10.1. The zero-order chi connectivity index (χ0) is 20.8. The summed E-state index contributed by atoms with van der Waals surface area (Å²) in [5.74, 6) is 0.391. The van der Waals surface area contributed by atoms with Gasteiger partial charge in [0.2, 0.25) is 0 Å². The van der Waals surface area contributed by atoms with Crippen LogP contribution in [0.5, 0.6) is 11.5 Å². The van der Waals surface area contributed by atoms with Crippen molar-refractivity contribution in [1.82, 2.24) is 10.2 Å². The number of H-pyrrole nitrogens is 1. The molecular weight excluding hydrogens is 374 g/mol. The number of carbonyl (C=O) groups is 2. The smallest absolute Gasteiger partial charge is 0.338 e. The van der Waals surface area contributed by atoms with Crippen LogP contribution in [0.4, 0.5) is 5.69 Å². The average molecular weight is 395 g/mol. The molecule has 0 atom stereocenters. The van der Waals surface area contributed by atoms with Gasteiger partial charge in [0.1, 0.15) is 17.2 Å². The van der Waals surface area contributed by atoms with E-state index in [9.17, 15) is 9.59 Å². The molecule has 29 heavy (non-hydrogen) atoms. The van der Waals surface area contributed by atoms with E-state index >= 15 is 0 Å². The molecule has 0 radical (unpaired) electrons. The maximum atomic E-state index is 12.6. The summed E-state index contributed by atoms with van der Waals surface area (Å²) in [5, 5.41) is 9.66. The summed E-state index contributed by atoms with van der Waals surface area (Å²) < 4.78 is 15.6. The number of amides is 1. The highest BCUT2D eigenvalue weighted by Crippen LogP contribution is 2.32. The molecule has 0 fully saturated rings. The van der Waals surface area contributed by atoms with E-state index in [1.54, 1.807) is 69.7 Å². The zero-order valence-corrected chi connectivity index (χ0v) is 16.3. The first kappa shape index (κ1) is 19.9. The number of nitrogens with zero attached hydrogens (tertiary/aromatic N) is 1. The summed E-state index contributed by atoms with van der Waals surface area (Å²) in [6, 6.07) is 13.5. The van der Waals surface area contributed by atoms with Crippen LogP contribution in [0.25, 0.3) is 11.3 Å². The van der Waals surface area contributed by atoms with E-state index in [2.05, 4.69) is 15.5 Å². The van der Waals surface area contributed by atoms with Crippen LogP contribution < -0.4 is 14.8 Å². The van der Waals surface area contributed by atoms with Gasteiger partial charge in [0, 0.05) is 17.3 Å². The molecule has 3 aromatic rings. The number of esters is 1. The highest BCUT2D eigenvalue weighted by atomic mass is 16.5. The van der Waals surface area contributed by atoms with Crippen LogP contribution in [-0.2, 0) is 4.74 Å². The van der Waals surface area contributed by atoms with Crippen LogP contribution in [0.15, 0.2) is 48.5 Å². The molecule has 0 bridgehead atoms. The number of rotatable bonds is 7. The SMILES string of the molecule is CCOC(=O)c1cccc(NC(=O)c2cc(-c3ccc(OC)cc3OC)n[nH]2)c1. The number of methoxy groups -OCH3 is 2. The second kappa shape index (κ2) is 8.92. The molecule has 0 aliphatic heterocycles. The van der Waals surface area contributed by atoms with Gasteiger partial charge in [-0.2, -0.15) is 5.10 Å². The molecule has 1 amide bonds. The van der Waals surface area contributed by atoms with Gasteiger partial charge < -0.3 is 19.5 Å². The number of ether oxygens (including phenoxy) is 3. The fraction of sp³-hybridized carbons (Fsp3) is 0.190. The molecular formula is C21H21N3O5. The number of aromatic nitrogens is 2. The van der Waals surface area contributed by atoms with Crippen molar-refractivity contribution in [3.63, 3.8) is 0 Å². The Bertz CT molecular complexity index is 1030. The number of anilines is 1. The molecule has 150 valence electrons. The van der Waals surface area contributed by atoms with Crippen LogP contribution >= 0.6 is 0 Å². The van der Waals surface area contributed by atoms with E-state index in [0.29, 0.717) is 34.0 Å². The van der Waals surface area contributed by atoms with Gasteiger partial charge in [-0.1, -0.05) is 6.07 Å². The van der Waals surface area contributed by atoms with Crippen molar-refractivity contribution in [2.24, 2.45) is 0 Å². The molecule has 0 spiro atoms. The van der Waals surface area contributed by atoms with E-state index in [4.69, 9.17) is 14.2 Å². The maximum Gasteiger partial charge on any atom is 0.338 e. The van der Waals surface area contributed by atoms with E-state index in [-0.39, 0.29) is 12.3 Å². The quantitative estimate of drug-likeness (QED) is 0.594. The molecule has 2 N–H and O–H groups in total. The van der Waals surface area contributed by atoms with Gasteiger partial charge in [-0.3, -0.25) is 9.89 Å². The fourth-order valence-electron chi connectivity index (χ4n) is 2.72. The first-order chi connectivity index (χ1) is 14.0. The minimum absolute atomic E-state index is 0.263. The molecule has 0 saturated heterocycles. The lowest BCUT2D eigenvalue weighted by Crippen LogP contribution is -2.13. The Morgan fingerprint density at radius 2 is 1.90 bits per heavy atom. The van der Waals surface area contributed by atoms with Crippen LogP contribution in [0, 0.1) is 0 Å². The number of carbonyl (C=O) groups excluding carboxylic acids is 2. The van der Waals surface area contributed by atoms with Crippen molar-refractivity contribution in [2.45, 2.75) is 6.92 Å². The number of hydrogen-bond donors (Lipinski definition) is 2. The number of aromatic amines is 1. The standard InChI is InChI=1S/C21H21N3O5/c1-4-29-21(26)13-6-5-7-14(10-13)22-20(25)18-12-17(23-24-18)16-9-8-15(27-2)11-19(16)28-3/h5-12H,4H2,1-3H3,(H,22,25)(H,23,24). The molecule has 0 unspecified atom stereocenters. The molecule has 0 aliphatic carbocycles. The Hall–Kier alpha value is -3.81. The third-order valence-electron chi connectivity index (χ3n) is 4.14. The molecule has 3 rings (SSSR count). The Balaban J connectivity index is 1.78. The van der Waals surface area contributed by atoms with Gasteiger partial charge in [0.25, 0.3) is 5.91 Å². The maximum absolute atomic E-state index is 12.6. The highest BCUT2D eigenvalue weighted by Gasteiger charge is 2.15.